The molecule has 0 N–H and O–H groups in total. The molecule has 1 aromatic heterocycles. The van der Waals surface area contributed by atoms with Crippen molar-refractivity contribution in [1.29, 1.82) is 5.26 Å². The van der Waals surface area contributed by atoms with E-state index >= 15 is 0 Å². The molecule has 1 aromatic rings. The molecule has 4 nitrogen and oxygen atoms in total. The highest BCUT2D eigenvalue weighted by molar-refractivity contribution is 7.90. The number of thiazole rings is 1. The van der Waals surface area contributed by atoms with Gasteiger partial charge in [0.15, 0.2) is 9.84 Å². The first kappa shape index (κ1) is 14.1. The second kappa shape index (κ2) is 6.12. The molecule has 0 unspecified atom stereocenters. The van der Waals surface area contributed by atoms with Crippen LogP contribution in [0.5, 0.6) is 0 Å². The van der Waals surface area contributed by atoms with Crippen molar-refractivity contribution in [1.82, 2.24) is 4.98 Å². The molecule has 17 heavy (non-hydrogen) atoms. The van der Waals surface area contributed by atoms with E-state index in [0.29, 0.717) is 17.8 Å². The molecule has 0 bridgehead atoms. The third-order valence-electron chi connectivity index (χ3n) is 2.26. The number of aromatic nitrogens is 1. The first-order chi connectivity index (χ1) is 8.02. The summed E-state index contributed by atoms with van der Waals surface area (Å²) in [5.74, 6) is 0.200. The summed E-state index contributed by atoms with van der Waals surface area (Å²) < 4.78 is 23.3. The van der Waals surface area contributed by atoms with Crippen LogP contribution in [0.25, 0.3) is 0 Å². The van der Waals surface area contributed by atoms with Gasteiger partial charge in [-0.1, -0.05) is 13.8 Å². The van der Waals surface area contributed by atoms with Crippen molar-refractivity contribution in [3.8, 4) is 6.07 Å². The number of sulfone groups is 1. The van der Waals surface area contributed by atoms with Crippen molar-refractivity contribution in [3.05, 3.63) is 15.6 Å². The molecular formula is C11H16N2O2S2. The molecule has 0 radical (unpaired) electrons. The van der Waals surface area contributed by atoms with Gasteiger partial charge in [0.25, 0.3) is 0 Å². The van der Waals surface area contributed by atoms with Crippen LogP contribution in [-0.4, -0.2) is 19.2 Å². The van der Waals surface area contributed by atoms with Gasteiger partial charge in [-0.2, -0.15) is 5.26 Å². The minimum Gasteiger partial charge on any atom is -0.245 e. The number of nitriles is 1. The van der Waals surface area contributed by atoms with Gasteiger partial charge in [0.1, 0.15) is 10.8 Å². The Bertz CT molecular complexity index is 512. The van der Waals surface area contributed by atoms with Crippen LogP contribution in [0.15, 0.2) is 0 Å². The Kier molecular flexibility index (Phi) is 5.09. The Hall–Kier alpha value is -0.930. The fourth-order valence-corrected chi connectivity index (χ4v) is 4.42. The second-order valence-electron chi connectivity index (χ2n) is 3.76. The van der Waals surface area contributed by atoms with Crippen LogP contribution in [0.1, 0.15) is 35.8 Å². The molecule has 6 heteroatoms. The van der Waals surface area contributed by atoms with Crippen LogP contribution in [0, 0.1) is 11.3 Å². The molecule has 0 atom stereocenters. The van der Waals surface area contributed by atoms with E-state index < -0.39 is 9.84 Å². The van der Waals surface area contributed by atoms with Gasteiger partial charge >= 0.3 is 0 Å². The molecule has 0 saturated carbocycles. The molecule has 0 fully saturated rings. The van der Waals surface area contributed by atoms with Crippen LogP contribution in [-0.2, 0) is 28.4 Å². The number of nitrogens with zero attached hydrogens (tertiary/aromatic N) is 2. The van der Waals surface area contributed by atoms with Crippen molar-refractivity contribution in [2.24, 2.45) is 0 Å². The zero-order chi connectivity index (χ0) is 12.9. The van der Waals surface area contributed by atoms with Gasteiger partial charge in [0, 0.05) is 4.88 Å². The van der Waals surface area contributed by atoms with Gasteiger partial charge in [0.2, 0.25) is 0 Å². The van der Waals surface area contributed by atoms with Crippen molar-refractivity contribution in [2.45, 2.75) is 38.9 Å². The lowest BCUT2D eigenvalue weighted by Gasteiger charge is -1.98. The fraction of sp³-hybridized carbons (Fsp3) is 0.636. The zero-order valence-electron chi connectivity index (χ0n) is 10.1. The van der Waals surface area contributed by atoms with Crippen LogP contribution >= 0.6 is 11.3 Å². The predicted molar refractivity (Wildman–Crippen MR) is 68.6 cm³/mol. The first-order valence-electron chi connectivity index (χ1n) is 5.57. The summed E-state index contributed by atoms with van der Waals surface area (Å²) in [6.07, 6.45) is 1.68. The topological polar surface area (TPSA) is 70.8 Å². The molecule has 0 aliphatic heterocycles. The average Bonchev–Trinajstić information content (AvgIpc) is 2.59. The van der Waals surface area contributed by atoms with Gasteiger partial charge in [0.05, 0.1) is 23.9 Å². The summed E-state index contributed by atoms with van der Waals surface area (Å²) in [4.78, 5) is 5.20. The summed E-state index contributed by atoms with van der Waals surface area (Å²) in [6.45, 7) is 3.80. The van der Waals surface area contributed by atoms with Gasteiger partial charge < -0.3 is 0 Å². The maximum Gasteiger partial charge on any atom is 0.156 e. The standard InChI is InChI=1S/C11H16N2O2S2/c1-3-7-17(14,15)8-11-13-9(4-2)10(16-11)5-6-12/h3-5,7-8H2,1-2H3. The van der Waals surface area contributed by atoms with E-state index in [-0.39, 0.29) is 11.5 Å². The predicted octanol–water partition coefficient (Wildman–Crippen LogP) is 2.10. The molecule has 0 aromatic carbocycles. The van der Waals surface area contributed by atoms with E-state index in [1.807, 2.05) is 13.8 Å². The van der Waals surface area contributed by atoms with Crippen LogP contribution in [0.2, 0.25) is 0 Å². The molecule has 0 aliphatic rings. The Morgan fingerprint density at radius 1 is 1.41 bits per heavy atom. The summed E-state index contributed by atoms with van der Waals surface area (Å²) in [5, 5.41) is 9.29. The van der Waals surface area contributed by atoms with Gasteiger partial charge in [-0.3, -0.25) is 0 Å². The smallest absolute Gasteiger partial charge is 0.156 e. The molecule has 94 valence electrons. The summed E-state index contributed by atoms with van der Waals surface area (Å²) in [5.41, 5.74) is 0.859. The lowest BCUT2D eigenvalue weighted by molar-refractivity contribution is 0.593. The Labute approximate surface area is 106 Å². The minimum absolute atomic E-state index is 0.00390. The maximum atomic E-state index is 11.7. The van der Waals surface area contributed by atoms with Gasteiger partial charge in [-0.05, 0) is 12.8 Å². The number of hydrogen-bond donors (Lipinski definition) is 0. The lowest BCUT2D eigenvalue weighted by Crippen LogP contribution is -2.08. The quantitative estimate of drug-likeness (QED) is 0.795. The highest BCUT2D eigenvalue weighted by Gasteiger charge is 2.16. The SMILES string of the molecule is CCCS(=O)(=O)Cc1nc(CC)c(CC#N)s1. The van der Waals surface area contributed by atoms with Gasteiger partial charge in [-0.15, -0.1) is 11.3 Å². The van der Waals surface area contributed by atoms with E-state index in [9.17, 15) is 8.42 Å². The zero-order valence-corrected chi connectivity index (χ0v) is 11.7. The minimum atomic E-state index is -3.05. The van der Waals surface area contributed by atoms with E-state index in [0.717, 1.165) is 17.0 Å². The summed E-state index contributed by atoms with van der Waals surface area (Å²) in [7, 11) is -3.05. The molecule has 0 amide bonds. The van der Waals surface area contributed by atoms with E-state index in [4.69, 9.17) is 5.26 Å². The molecule has 1 heterocycles. The van der Waals surface area contributed by atoms with Gasteiger partial charge in [-0.25, -0.2) is 13.4 Å². The lowest BCUT2D eigenvalue weighted by atomic mass is 10.2. The maximum absolute atomic E-state index is 11.7. The Balaban J connectivity index is 2.90. The summed E-state index contributed by atoms with van der Waals surface area (Å²) >= 11 is 1.35. The molecular weight excluding hydrogens is 256 g/mol. The molecule has 0 aliphatic carbocycles. The first-order valence-corrected chi connectivity index (χ1v) is 8.21. The number of hydrogen-bond acceptors (Lipinski definition) is 5. The number of rotatable bonds is 6. The third kappa shape index (κ3) is 4.10. The van der Waals surface area contributed by atoms with Crippen molar-refractivity contribution in [3.63, 3.8) is 0 Å². The molecule has 0 saturated heterocycles. The molecule has 1 rings (SSSR count). The second-order valence-corrected chi connectivity index (χ2v) is 7.11. The largest absolute Gasteiger partial charge is 0.245 e. The normalized spacial score (nSPS) is 11.4. The van der Waals surface area contributed by atoms with Crippen molar-refractivity contribution >= 4 is 21.2 Å². The van der Waals surface area contributed by atoms with E-state index in [1.54, 1.807) is 0 Å². The van der Waals surface area contributed by atoms with E-state index in [1.165, 1.54) is 11.3 Å². The van der Waals surface area contributed by atoms with Crippen molar-refractivity contribution in [2.75, 3.05) is 5.75 Å². The third-order valence-corrected chi connectivity index (χ3v) is 5.28. The van der Waals surface area contributed by atoms with Crippen LogP contribution in [0.4, 0.5) is 0 Å². The van der Waals surface area contributed by atoms with Crippen LogP contribution < -0.4 is 0 Å². The van der Waals surface area contributed by atoms with Crippen molar-refractivity contribution < 1.29 is 8.42 Å². The summed E-state index contributed by atoms with van der Waals surface area (Å²) in [6, 6.07) is 2.08. The Morgan fingerprint density at radius 2 is 2.12 bits per heavy atom. The molecule has 0 spiro atoms. The van der Waals surface area contributed by atoms with Crippen LogP contribution in [0.3, 0.4) is 0 Å². The van der Waals surface area contributed by atoms with E-state index in [2.05, 4.69) is 11.1 Å². The highest BCUT2D eigenvalue weighted by Crippen LogP contribution is 2.21. The monoisotopic (exact) mass is 272 g/mol. The highest BCUT2D eigenvalue weighted by atomic mass is 32.2. The number of aryl methyl sites for hydroxylation is 1. The average molecular weight is 272 g/mol. The fourth-order valence-electron chi connectivity index (χ4n) is 1.56. The Morgan fingerprint density at radius 3 is 2.65 bits per heavy atom.